The molecule has 0 radical (unpaired) electrons. The maximum atomic E-state index is 6.16. The number of rotatable bonds is 10. The van der Waals surface area contributed by atoms with E-state index in [1.807, 2.05) is 11.6 Å². The van der Waals surface area contributed by atoms with Crippen LogP contribution in [0.1, 0.15) is 34.5 Å². The largest absolute Gasteiger partial charge is 0.493 e. The lowest BCUT2D eigenvalue weighted by molar-refractivity contribution is 0.166. The average molecular weight is 572 g/mol. The number of methoxy groups -OCH3 is 1. The van der Waals surface area contributed by atoms with Gasteiger partial charge in [0.1, 0.15) is 5.75 Å². The van der Waals surface area contributed by atoms with Crippen LogP contribution in [0.2, 0.25) is 0 Å². The molecular formula is C24H38IN5O3. The maximum Gasteiger partial charge on any atom is 0.191 e. The molecule has 8 nitrogen and oxygen atoms in total. The molecule has 3 rings (SSSR count). The maximum absolute atomic E-state index is 6.16. The minimum Gasteiger partial charge on any atom is -0.493 e. The first-order chi connectivity index (χ1) is 15.5. The molecule has 1 aliphatic heterocycles. The number of guanidine groups is 1. The van der Waals surface area contributed by atoms with Crippen molar-refractivity contribution < 1.29 is 14.2 Å². The van der Waals surface area contributed by atoms with E-state index in [0.29, 0.717) is 32.2 Å². The van der Waals surface area contributed by atoms with Gasteiger partial charge < -0.3 is 24.8 Å². The van der Waals surface area contributed by atoms with E-state index >= 15 is 0 Å². The van der Waals surface area contributed by atoms with Crippen molar-refractivity contribution >= 4 is 29.9 Å². The van der Waals surface area contributed by atoms with E-state index in [4.69, 9.17) is 14.2 Å². The molecule has 0 aliphatic carbocycles. The number of aryl methyl sites for hydroxylation is 2. The van der Waals surface area contributed by atoms with Gasteiger partial charge in [0.05, 0.1) is 32.1 Å². The van der Waals surface area contributed by atoms with Gasteiger partial charge in [-0.2, -0.15) is 5.10 Å². The standard InChI is InChI=1S/C24H37N5O3.HI/c1-17-6-7-21(23(12-17)32-16-20-8-10-31-15-20)13-26-24(25-4)27-14-22-18(2)28-29(19(22)3)9-11-30-5;/h6-7,12,20H,8-11,13-16H2,1-5H3,(H2,25,26,27);1H. The molecule has 1 aromatic carbocycles. The first kappa shape index (κ1) is 27.4. The SMILES string of the molecule is CN=C(NCc1ccc(C)cc1OCC1CCOC1)NCc1c(C)nn(CCOC)c1C.I. The Morgan fingerprint density at radius 3 is 2.73 bits per heavy atom. The number of halogens is 1. The van der Waals surface area contributed by atoms with Crippen LogP contribution in [0.3, 0.4) is 0 Å². The van der Waals surface area contributed by atoms with E-state index < -0.39 is 0 Å². The highest BCUT2D eigenvalue weighted by Gasteiger charge is 2.17. The predicted molar refractivity (Wildman–Crippen MR) is 142 cm³/mol. The van der Waals surface area contributed by atoms with Crippen LogP contribution >= 0.6 is 24.0 Å². The van der Waals surface area contributed by atoms with E-state index in [9.17, 15) is 0 Å². The van der Waals surface area contributed by atoms with Gasteiger partial charge in [-0.3, -0.25) is 9.67 Å². The zero-order chi connectivity index (χ0) is 22.9. The van der Waals surface area contributed by atoms with Gasteiger partial charge in [-0.05, 0) is 38.8 Å². The molecule has 1 fully saturated rings. The van der Waals surface area contributed by atoms with Crippen molar-refractivity contribution in [2.24, 2.45) is 10.9 Å². The zero-order valence-electron chi connectivity index (χ0n) is 20.4. The Labute approximate surface area is 214 Å². The summed E-state index contributed by atoms with van der Waals surface area (Å²) in [6.07, 6.45) is 1.07. The highest BCUT2D eigenvalue weighted by molar-refractivity contribution is 14.0. The Morgan fingerprint density at radius 2 is 2.03 bits per heavy atom. The fourth-order valence-electron chi connectivity index (χ4n) is 3.82. The van der Waals surface area contributed by atoms with Crippen LogP contribution < -0.4 is 15.4 Å². The summed E-state index contributed by atoms with van der Waals surface area (Å²) >= 11 is 0. The van der Waals surface area contributed by atoms with Crippen LogP contribution in [0.4, 0.5) is 0 Å². The van der Waals surface area contributed by atoms with Crippen molar-refractivity contribution in [3.63, 3.8) is 0 Å². The molecule has 1 aromatic heterocycles. The van der Waals surface area contributed by atoms with Crippen LogP contribution in [0, 0.1) is 26.7 Å². The van der Waals surface area contributed by atoms with E-state index in [1.54, 1.807) is 14.2 Å². The number of benzene rings is 1. The summed E-state index contributed by atoms with van der Waals surface area (Å²) in [5, 5.41) is 11.5. The Kier molecular flexibility index (Phi) is 11.4. The molecule has 0 amide bonds. The minimum atomic E-state index is 0. The number of hydrogen-bond donors (Lipinski definition) is 2. The first-order valence-corrected chi connectivity index (χ1v) is 11.3. The molecule has 0 saturated carbocycles. The third-order valence-electron chi connectivity index (χ3n) is 5.86. The van der Waals surface area contributed by atoms with Gasteiger partial charge in [-0.1, -0.05) is 12.1 Å². The number of aromatic nitrogens is 2. The van der Waals surface area contributed by atoms with E-state index in [-0.39, 0.29) is 24.0 Å². The molecule has 1 aliphatic rings. The van der Waals surface area contributed by atoms with Gasteiger partial charge in [-0.15, -0.1) is 24.0 Å². The Bertz CT molecular complexity index is 910. The summed E-state index contributed by atoms with van der Waals surface area (Å²) < 4.78 is 18.8. The van der Waals surface area contributed by atoms with Crippen molar-refractivity contribution in [1.82, 2.24) is 20.4 Å². The summed E-state index contributed by atoms with van der Waals surface area (Å²) in [5.74, 6) is 2.14. The number of nitrogens with one attached hydrogen (secondary N) is 2. The topological polar surface area (TPSA) is 81.9 Å². The fourth-order valence-corrected chi connectivity index (χ4v) is 3.82. The highest BCUT2D eigenvalue weighted by Crippen LogP contribution is 2.22. The Hall–Kier alpha value is -1.85. The molecule has 2 N–H and O–H groups in total. The second kappa shape index (κ2) is 13.8. The van der Waals surface area contributed by atoms with Crippen LogP contribution in [-0.2, 0) is 29.1 Å². The highest BCUT2D eigenvalue weighted by atomic mass is 127. The molecule has 0 spiro atoms. The number of nitrogens with zero attached hydrogens (tertiary/aromatic N) is 3. The second-order valence-corrected chi connectivity index (χ2v) is 8.30. The molecular weight excluding hydrogens is 533 g/mol. The third kappa shape index (κ3) is 7.86. The molecule has 1 atom stereocenters. The average Bonchev–Trinajstić information content (AvgIpc) is 3.40. The van der Waals surface area contributed by atoms with Crippen molar-refractivity contribution in [2.75, 3.05) is 40.6 Å². The van der Waals surface area contributed by atoms with Gasteiger partial charge in [-0.25, -0.2) is 0 Å². The summed E-state index contributed by atoms with van der Waals surface area (Å²) in [5.41, 5.74) is 5.64. The van der Waals surface area contributed by atoms with Crippen LogP contribution in [0.5, 0.6) is 5.75 Å². The number of ether oxygens (including phenoxy) is 3. The molecule has 0 bridgehead atoms. The summed E-state index contributed by atoms with van der Waals surface area (Å²) in [6.45, 7) is 11.2. The molecule has 184 valence electrons. The van der Waals surface area contributed by atoms with E-state index in [1.165, 1.54) is 11.1 Å². The van der Waals surface area contributed by atoms with Crippen molar-refractivity contribution in [3.8, 4) is 5.75 Å². The van der Waals surface area contributed by atoms with E-state index in [2.05, 4.69) is 52.8 Å². The normalized spacial score (nSPS) is 15.9. The van der Waals surface area contributed by atoms with Crippen molar-refractivity contribution in [3.05, 3.63) is 46.3 Å². The van der Waals surface area contributed by atoms with Crippen molar-refractivity contribution in [2.45, 2.75) is 46.8 Å². The number of hydrogen-bond acceptors (Lipinski definition) is 5. The second-order valence-electron chi connectivity index (χ2n) is 8.30. The first-order valence-electron chi connectivity index (χ1n) is 11.3. The Morgan fingerprint density at radius 1 is 1.24 bits per heavy atom. The smallest absolute Gasteiger partial charge is 0.191 e. The number of aliphatic imine (C=N–C) groups is 1. The van der Waals surface area contributed by atoms with Gasteiger partial charge in [0, 0.05) is 56.6 Å². The van der Waals surface area contributed by atoms with Gasteiger partial charge in [0.2, 0.25) is 0 Å². The monoisotopic (exact) mass is 571 g/mol. The lowest BCUT2D eigenvalue weighted by Crippen LogP contribution is -2.36. The zero-order valence-corrected chi connectivity index (χ0v) is 22.8. The minimum absolute atomic E-state index is 0. The molecule has 2 heterocycles. The van der Waals surface area contributed by atoms with Gasteiger partial charge in [0.15, 0.2) is 5.96 Å². The summed E-state index contributed by atoms with van der Waals surface area (Å²) in [6, 6.07) is 6.33. The molecule has 1 saturated heterocycles. The quantitative estimate of drug-likeness (QED) is 0.259. The van der Waals surface area contributed by atoms with Crippen LogP contribution in [0.25, 0.3) is 0 Å². The van der Waals surface area contributed by atoms with Crippen LogP contribution in [-0.4, -0.2) is 56.3 Å². The van der Waals surface area contributed by atoms with Crippen LogP contribution in [0.15, 0.2) is 23.2 Å². The fraction of sp³-hybridized carbons (Fsp3) is 0.583. The Balaban J connectivity index is 0.00000385. The summed E-state index contributed by atoms with van der Waals surface area (Å²) in [7, 11) is 3.49. The lowest BCUT2D eigenvalue weighted by Gasteiger charge is -2.17. The summed E-state index contributed by atoms with van der Waals surface area (Å²) in [4.78, 5) is 4.38. The molecule has 33 heavy (non-hydrogen) atoms. The lowest BCUT2D eigenvalue weighted by atomic mass is 10.1. The molecule has 1 unspecified atom stereocenters. The van der Waals surface area contributed by atoms with E-state index in [0.717, 1.165) is 54.8 Å². The van der Waals surface area contributed by atoms with Gasteiger partial charge >= 0.3 is 0 Å². The third-order valence-corrected chi connectivity index (χ3v) is 5.86. The predicted octanol–water partition coefficient (Wildman–Crippen LogP) is 3.35. The molecule has 9 heteroatoms. The van der Waals surface area contributed by atoms with Gasteiger partial charge in [0.25, 0.3) is 0 Å². The molecule has 2 aromatic rings. The van der Waals surface area contributed by atoms with Crippen molar-refractivity contribution in [1.29, 1.82) is 0 Å².